The van der Waals surface area contributed by atoms with E-state index in [9.17, 15) is 0 Å². The molecule has 1 aliphatic heterocycles. The Hall–Kier alpha value is -2.00. The fourth-order valence-corrected chi connectivity index (χ4v) is 4.66. The zero-order valence-corrected chi connectivity index (χ0v) is 16.6. The minimum absolute atomic E-state index is 0.147. The van der Waals surface area contributed by atoms with Crippen LogP contribution in [-0.4, -0.2) is 63.2 Å². The predicted octanol–water partition coefficient (Wildman–Crippen LogP) is 1.45. The van der Waals surface area contributed by atoms with Crippen molar-refractivity contribution in [2.24, 2.45) is 11.8 Å². The van der Waals surface area contributed by atoms with Gasteiger partial charge in [-0.2, -0.15) is 10.1 Å². The molecule has 2 aliphatic rings. The zero-order chi connectivity index (χ0) is 19.0. The second kappa shape index (κ2) is 7.55. The van der Waals surface area contributed by atoms with E-state index in [-0.39, 0.29) is 12.1 Å². The van der Waals surface area contributed by atoms with Gasteiger partial charge in [0, 0.05) is 33.9 Å². The summed E-state index contributed by atoms with van der Waals surface area (Å²) in [6.07, 6.45) is 4.20. The molecular formula is C18H29N7O2. The van der Waals surface area contributed by atoms with E-state index in [4.69, 9.17) is 9.47 Å². The molecule has 4 atom stereocenters. The predicted molar refractivity (Wildman–Crippen MR) is 99.4 cm³/mol. The van der Waals surface area contributed by atoms with E-state index < -0.39 is 0 Å². The molecule has 0 unspecified atom stereocenters. The smallest absolute Gasteiger partial charge is 0.224 e. The van der Waals surface area contributed by atoms with E-state index in [1.165, 1.54) is 0 Å². The highest BCUT2D eigenvalue weighted by atomic mass is 16.5. The number of fused-ring (bicyclic) bond motifs is 1. The van der Waals surface area contributed by atoms with Crippen molar-refractivity contribution in [2.75, 3.05) is 32.2 Å². The lowest BCUT2D eigenvalue weighted by Gasteiger charge is -2.36. The first-order valence-corrected chi connectivity index (χ1v) is 9.71. The summed E-state index contributed by atoms with van der Waals surface area (Å²) >= 11 is 0. The number of rotatable bonds is 6. The summed E-state index contributed by atoms with van der Waals surface area (Å²) in [4.78, 5) is 7.06. The monoisotopic (exact) mass is 375 g/mol. The summed E-state index contributed by atoms with van der Waals surface area (Å²) in [7, 11) is 3.47. The van der Waals surface area contributed by atoms with Crippen molar-refractivity contribution < 1.29 is 9.47 Å². The molecule has 2 aromatic heterocycles. The van der Waals surface area contributed by atoms with Gasteiger partial charge in [-0.3, -0.25) is 0 Å². The third-order valence-electron chi connectivity index (χ3n) is 5.92. The standard InChI is InChI=1S/C18H29N7O2/c1-5-24-18(19-12(2)21-24)23-8-13-6-16(17(27-4)7-14(13)9-23)25-10-15(11-26-3)20-22-25/h10,13-14,16-17H,5-9,11H2,1-4H3/t13-,14+,16-,17-/m1/s1. The SMILES string of the molecule is CCn1nc(C)nc1N1C[C@H]2C[C@@H](n3cc(COC)nn3)[C@H](OC)C[C@H]2C1. The van der Waals surface area contributed by atoms with E-state index in [2.05, 4.69) is 32.2 Å². The third-order valence-corrected chi connectivity index (χ3v) is 5.92. The Labute approximate surface area is 159 Å². The van der Waals surface area contributed by atoms with Crippen molar-refractivity contribution >= 4 is 5.95 Å². The molecule has 3 heterocycles. The topological polar surface area (TPSA) is 83.1 Å². The first-order valence-electron chi connectivity index (χ1n) is 9.71. The Kier molecular flexibility index (Phi) is 5.14. The molecule has 9 heteroatoms. The van der Waals surface area contributed by atoms with Crippen LogP contribution in [0.15, 0.2) is 6.20 Å². The first kappa shape index (κ1) is 18.4. The molecule has 27 heavy (non-hydrogen) atoms. The van der Waals surface area contributed by atoms with E-state index in [0.717, 1.165) is 49.9 Å². The van der Waals surface area contributed by atoms with Crippen LogP contribution in [-0.2, 0) is 22.6 Å². The summed E-state index contributed by atoms with van der Waals surface area (Å²) in [6, 6.07) is 0.208. The van der Waals surface area contributed by atoms with Gasteiger partial charge in [0.05, 0.1) is 24.9 Å². The molecule has 0 radical (unpaired) electrons. The molecule has 0 bridgehead atoms. The van der Waals surface area contributed by atoms with Crippen LogP contribution in [0.3, 0.4) is 0 Å². The van der Waals surface area contributed by atoms with Crippen LogP contribution in [0.4, 0.5) is 5.95 Å². The lowest BCUT2D eigenvalue weighted by Crippen LogP contribution is -2.37. The number of hydrogen-bond acceptors (Lipinski definition) is 7. The molecule has 2 aromatic rings. The second-order valence-corrected chi connectivity index (χ2v) is 7.64. The van der Waals surface area contributed by atoms with Gasteiger partial charge in [0.25, 0.3) is 0 Å². The highest BCUT2D eigenvalue weighted by Crippen LogP contribution is 2.43. The van der Waals surface area contributed by atoms with Crippen molar-refractivity contribution in [3.05, 3.63) is 17.7 Å². The largest absolute Gasteiger partial charge is 0.379 e. The molecule has 1 saturated carbocycles. The summed E-state index contributed by atoms with van der Waals surface area (Å²) in [5.41, 5.74) is 0.856. The quantitative estimate of drug-likeness (QED) is 0.755. The number of anilines is 1. The molecule has 0 aromatic carbocycles. The van der Waals surface area contributed by atoms with E-state index >= 15 is 0 Å². The first-order chi connectivity index (χ1) is 13.1. The second-order valence-electron chi connectivity index (χ2n) is 7.64. The Morgan fingerprint density at radius 3 is 2.67 bits per heavy atom. The fourth-order valence-electron chi connectivity index (χ4n) is 4.66. The highest BCUT2D eigenvalue weighted by Gasteiger charge is 2.44. The van der Waals surface area contributed by atoms with Crippen molar-refractivity contribution in [3.63, 3.8) is 0 Å². The number of aryl methyl sites for hydroxylation is 2. The molecule has 148 valence electrons. The number of aromatic nitrogens is 6. The number of methoxy groups -OCH3 is 2. The number of hydrogen-bond donors (Lipinski definition) is 0. The van der Waals surface area contributed by atoms with Crippen molar-refractivity contribution in [2.45, 2.75) is 52.0 Å². The normalized spacial score (nSPS) is 27.9. The lowest BCUT2D eigenvalue weighted by atomic mass is 9.77. The number of ether oxygens (including phenoxy) is 2. The summed E-state index contributed by atoms with van der Waals surface area (Å²) in [5.74, 6) is 3.04. The maximum absolute atomic E-state index is 5.85. The van der Waals surface area contributed by atoms with Gasteiger partial charge in [-0.05, 0) is 38.5 Å². The van der Waals surface area contributed by atoms with Crippen LogP contribution >= 0.6 is 0 Å². The van der Waals surface area contributed by atoms with Crippen molar-refractivity contribution in [3.8, 4) is 0 Å². The van der Waals surface area contributed by atoms with Gasteiger partial charge in [-0.25, -0.2) is 9.36 Å². The Balaban J connectivity index is 1.52. The van der Waals surface area contributed by atoms with Crippen LogP contribution in [0.25, 0.3) is 0 Å². The highest BCUT2D eigenvalue weighted by molar-refractivity contribution is 5.33. The van der Waals surface area contributed by atoms with Crippen LogP contribution in [0.5, 0.6) is 0 Å². The molecule has 9 nitrogen and oxygen atoms in total. The van der Waals surface area contributed by atoms with Crippen LogP contribution < -0.4 is 4.90 Å². The maximum atomic E-state index is 5.85. The van der Waals surface area contributed by atoms with Gasteiger partial charge in [-0.15, -0.1) is 5.10 Å². The molecule has 0 spiro atoms. The molecule has 2 fully saturated rings. The van der Waals surface area contributed by atoms with Gasteiger partial charge in [0.2, 0.25) is 5.95 Å². The van der Waals surface area contributed by atoms with Gasteiger partial charge in [0.15, 0.2) is 0 Å². The summed E-state index contributed by atoms with van der Waals surface area (Å²) in [6.45, 7) is 7.41. The average molecular weight is 375 g/mol. The van der Waals surface area contributed by atoms with Crippen molar-refractivity contribution in [1.82, 2.24) is 29.8 Å². The van der Waals surface area contributed by atoms with Crippen molar-refractivity contribution in [1.29, 1.82) is 0 Å². The molecule has 1 saturated heterocycles. The minimum atomic E-state index is 0.147. The fraction of sp³-hybridized carbons (Fsp3) is 0.778. The zero-order valence-electron chi connectivity index (χ0n) is 16.6. The third kappa shape index (κ3) is 3.45. The van der Waals surface area contributed by atoms with Gasteiger partial charge in [-0.1, -0.05) is 5.21 Å². The molecule has 0 amide bonds. The molecular weight excluding hydrogens is 346 g/mol. The lowest BCUT2D eigenvalue weighted by molar-refractivity contribution is -0.00544. The van der Waals surface area contributed by atoms with Crippen LogP contribution in [0.2, 0.25) is 0 Å². The van der Waals surface area contributed by atoms with Gasteiger partial charge in [0.1, 0.15) is 11.5 Å². The summed E-state index contributed by atoms with van der Waals surface area (Å²) < 4.78 is 15.0. The minimum Gasteiger partial charge on any atom is -0.379 e. The summed E-state index contributed by atoms with van der Waals surface area (Å²) in [5, 5.41) is 13.1. The molecule has 1 aliphatic carbocycles. The van der Waals surface area contributed by atoms with Crippen LogP contribution in [0, 0.1) is 18.8 Å². The number of nitrogens with zero attached hydrogens (tertiary/aromatic N) is 7. The van der Waals surface area contributed by atoms with Crippen LogP contribution in [0.1, 0.15) is 37.3 Å². The average Bonchev–Trinajstić information content (AvgIpc) is 3.37. The van der Waals surface area contributed by atoms with Gasteiger partial charge < -0.3 is 14.4 Å². The molecule has 0 N–H and O–H groups in total. The Bertz CT molecular complexity index is 774. The maximum Gasteiger partial charge on any atom is 0.224 e. The molecule has 4 rings (SSSR count). The van der Waals surface area contributed by atoms with E-state index in [0.29, 0.717) is 18.4 Å². The Morgan fingerprint density at radius 1 is 1.19 bits per heavy atom. The van der Waals surface area contributed by atoms with E-state index in [1.807, 2.05) is 22.5 Å². The Morgan fingerprint density at radius 2 is 1.96 bits per heavy atom. The van der Waals surface area contributed by atoms with E-state index in [1.54, 1.807) is 14.2 Å². The van der Waals surface area contributed by atoms with Gasteiger partial charge >= 0.3 is 0 Å².